The van der Waals surface area contributed by atoms with Gasteiger partial charge in [-0.05, 0) is 64.8 Å². The first-order valence-corrected chi connectivity index (χ1v) is 9.83. The Bertz CT molecular complexity index is 854. The normalized spacial score (nSPS) is 18.5. The molecule has 2 heterocycles. The molecule has 8 nitrogen and oxygen atoms in total. The van der Waals surface area contributed by atoms with E-state index in [1.54, 1.807) is 24.3 Å². The fourth-order valence-electron chi connectivity index (χ4n) is 3.94. The van der Waals surface area contributed by atoms with Crippen LogP contribution in [0.25, 0.3) is 0 Å². The summed E-state index contributed by atoms with van der Waals surface area (Å²) in [6, 6.07) is 7.03. The summed E-state index contributed by atoms with van der Waals surface area (Å²) in [6.45, 7) is 8.50. The van der Waals surface area contributed by atoms with Crippen molar-refractivity contribution in [1.82, 2.24) is 15.3 Å². The first-order valence-electron chi connectivity index (χ1n) is 9.03. The third-order valence-corrected chi connectivity index (χ3v) is 5.06. The zero-order chi connectivity index (χ0) is 20.5. The van der Waals surface area contributed by atoms with Crippen LogP contribution in [0.5, 0.6) is 11.6 Å². The number of nitrogens with one attached hydrogen (secondary N) is 2. The Kier molecular flexibility index (Phi) is 5.58. The van der Waals surface area contributed by atoms with Gasteiger partial charge >= 0.3 is 11.6 Å². The van der Waals surface area contributed by atoms with Gasteiger partial charge in [0.1, 0.15) is 12.1 Å². The van der Waals surface area contributed by atoms with E-state index in [9.17, 15) is 10.1 Å². The van der Waals surface area contributed by atoms with E-state index >= 15 is 0 Å². The minimum absolute atomic E-state index is 0.0281. The molecule has 0 amide bonds. The van der Waals surface area contributed by atoms with Gasteiger partial charge in [-0.15, -0.1) is 0 Å². The van der Waals surface area contributed by atoms with Crippen molar-refractivity contribution < 1.29 is 9.66 Å². The zero-order valence-corrected chi connectivity index (χ0v) is 17.9. The lowest BCUT2D eigenvalue weighted by atomic mass is 9.79. The van der Waals surface area contributed by atoms with Crippen molar-refractivity contribution in [3.63, 3.8) is 0 Å². The molecule has 2 aromatic rings. The van der Waals surface area contributed by atoms with Gasteiger partial charge in [-0.1, -0.05) is 15.9 Å². The Morgan fingerprint density at radius 3 is 2.36 bits per heavy atom. The Morgan fingerprint density at radius 2 is 1.79 bits per heavy atom. The van der Waals surface area contributed by atoms with Crippen LogP contribution in [0.4, 0.5) is 11.5 Å². The number of hydrogen-bond donors (Lipinski definition) is 2. The summed E-state index contributed by atoms with van der Waals surface area (Å²) in [5, 5.41) is 18.6. The predicted molar refractivity (Wildman–Crippen MR) is 111 cm³/mol. The molecule has 150 valence electrons. The standard InChI is InChI=1S/C19H24BrN5O3/c1-18(2)9-13(10-19(3,4)24-18)23-16-15(25(26)27)17(22-11-21-16)28-14-7-5-12(20)6-8-14/h5-8,11,13,24H,9-10H2,1-4H3,(H,21,22,23). The summed E-state index contributed by atoms with van der Waals surface area (Å²) in [6.07, 6.45) is 2.89. The molecule has 1 saturated heterocycles. The quantitative estimate of drug-likeness (QED) is 0.505. The molecule has 1 aliphatic heterocycles. The highest BCUT2D eigenvalue weighted by atomic mass is 79.9. The smallest absolute Gasteiger partial charge is 0.373 e. The lowest BCUT2D eigenvalue weighted by molar-refractivity contribution is -0.385. The van der Waals surface area contributed by atoms with Gasteiger partial charge in [0.05, 0.1) is 4.92 Å². The highest BCUT2D eigenvalue weighted by Gasteiger charge is 2.39. The lowest BCUT2D eigenvalue weighted by Crippen LogP contribution is -2.60. The summed E-state index contributed by atoms with van der Waals surface area (Å²) in [5.74, 6) is 0.544. The summed E-state index contributed by atoms with van der Waals surface area (Å²) < 4.78 is 6.56. The fourth-order valence-corrected chi connectivity index (χ4v) is 4.20. The maximum Gasteiger partial charge on any atom is 0.373 e. The van der Waals surface area contributed by atoms with Crippen LogP contribution in [0.1, 0.15) is 40.5 Å². The number of halogens is 1. The highest BCUT2D eigenvalue weighted by molar-refractivity contribution is 9.10. The van der Waals surface area contributed by atoms with Crippen LogP contribution in [-0.2, 0) is 0 Å². The van der Waals surface area contributed by atoms with Crippen molar-refractivity contribution in [2.75, 3.05) is 5.32 Å². The predicted octanol–water partition coefficient (Wildman–Crippen LogP) is 4.66. The van der Waals surface area contributed by atoms with Crippen LogP contribution in [0, 0.1) is 10.1 Å². The van der Waals surface area contributed by atoms with Gasteiger partial charge in [0, 0.05) is 21.6 Å². The minimum atomic E-state index is -0.506. The van der Waals surface area contributed by atoms with Crippen LogP contribution < -0.4 is 15.4 Å². The molecule has 0 saturated carbocycles. The number of nitro groups is 1. The van der Waals surface area contributed by atoms with Crippen molar-refractivity contribution in [2.45, 2.75) is 57.7 Å². The topological polar surface area (TPSA) is 102 Å². The summed E-state index contributed by atoms with van der Waals surface area (Å²) in [5.41, 5.74) is -0.463. The molecule has 1 aromatic heterocycles. The van der Waals surface area contributed by atoms with Crippen molar-refractivity contribution in [2.24, 2.45) is 0 Å². The first-order chi connectivity index (χ1) is 13.0. The van der Waals surface area contributed by atoms with Crippen LogP contribution in [0.2, 0.25) is 0 Å². The van der Waals surface area contributed by atoms with Crippen LogP contribution in [0.15, 0.2) is 35.1 Å². The third-order valence-electron chi connectivity index (χ3n) is 4.53. The first kappa shape index (κ1) is 20.5. The number of piperidine rings is 1. The second-order valence-corrected chi connectivity index (χ2v) is 9.25. The van der Waals surface area contributed by atoms with Crippen LogP contribution >= 0.6 is 15.9 Å². The number of nitrogens with zero attached hydrogens (tertiary/aromatic N) is 3. The summed E-state index contributed by atoms with van der Waals surface area (Å²) in [7, 11) is 0. The van der Waals surface area contributed by atoms with Crippen molar-refractivity contribution in [3.8, 4) is 11.6 Å². The fraction of sp³-hybridized carbons (Fsp3) is 0.474. The summed E-state index contributed by atoms with van der Waals surface area (Å²) in [4.78, 5) is 19.4. The molecule has 9 heteroatoms. The van der Waals surface area contributed by atoms with Crippen molar-refractivity contribution in [1.29, 1.82) is 0 Å². The molecule has 0 atom stereocenters. The van der Waals surface area contributed by atoms with Crippen molar-refractivity contribution in [3.05, 3.63) is 45.2 Å². The molecule has 0 unspecified atom stereocenters. The largest absolute Gasteiger partial charge is 0.434 e. The van der Waals surface area contributed by atoms with E-state index in [1.165, 1.54) is 6.33 Å². The molecule has 1 aliphatic rings. The van der Waals surface area contributed by atoms with Gasteiger partial charge < -0.3 is 15.4 Å². The van der Waals surface area contributed by atoms with Gasteiger partial charge in [-0.3, -0.25) is 10.1 Å². The number of anilines is 1. The molecule has 0 radical (unpaired) electrons. The molecule has 0 aliphatic carbocycles. The molecule has 3 rings (SSSR count). The highest BCUT2D eigenvalue weighted by Crippen LogP contribution is 2.37. The van der Waals surface area contributed by atoms with E-state index in [0.717, 1.165) is 17.3 Å². The van der Waals surface area contributed by atoms with E-state index in [2.05, 4.69) is 64.2 Å². The van der Waals surface area contributed by atoms with Crippen LogP contribution in [0.3, 0.4) is 0 Å². The maximum absolute atomic E-state index is 11.8. The maximum atomic E-state index is 11.8. The number of ether oxygens (including phenoxy) is 1. The average molecular weight is 450 g/mol. The molecule has 28 heavy (non-hydrogen) atoms. The Hall–Kier alpha value is -2.26. The second-order valence-electron chi connectivity index (χ2n) is 8.33. The second kappa shape index (κ2) is 7.63. The van der Waals surface area contributed by atoms with Gasteiger partial charge in [-0.2, -0.15) is 4.98 Å². The van der Waals surface area contributed by atoms with Gasteiger partial charge in [0.2, 0.25) is 5.82 Å². The monoisotopic (exact) mass is 449 g/mol. The minimum Gasteiger partial charge on any atom is -0.434 e. The van der Waals surface area contributed by atoms with Crippen molar-refractivity contribution >= 4 is 27.4 Å². The molecule has 1 aromatic carbocycles. The lowest BCUT2D eigenvalue weighted by Gasteiger charge is -2.46. The van der Waals surface area contributed by atoms with Crippen LogP contribution in [-0.4, -0.2) is 32.0 Å². The molecular weight excluding hydrogens is 426 g/mol. The Morgan fingerprint density at radius 1 is 1.18 bits per heavy atom. The molecule has 0 spiro atoms. The van der Waals surface area contributed by atoms with E-state index in [0.29, 0.717) is 5.75 Å². The van der Waals surface area contributed by atoms with E-state index in [1.807, 2.05) is 0 Å². The molecule has 0 bridgehead atoms. The average Bonchev–Trinajstić information content (AvgIpc) is 2.54. The summed E-state index contributed by atoms with van der Waals surface area (Å²) >= 11 is 3.35. The van der Waals surface area contributed by atoms with E-state index in [-0.39, 0.29) is 34.5 Å². The van der Waals surface area contributed by atoms with Gasteiger partial charge in [0.15, 0.2) is 0 Å². The number of hydrogen-bond acceptors (Lipinski definition) is 7. The Labute approximate surface area is 172 Å². The number of rotatable bonds is 5. The van der Waals surface area contributed by atoms with Gasteiger partial charge in [0.25, 0.3) is 0 Å². The number of aromatic nitrogens is 2. The van der Waals surface area contributed by atoms with Gasteiger partial charge in [-0.25, -0.2) is 4.98 Å². The number of benzene rings is 1. The zero-order valence-electron chi connectivity index (χ0n) is 16.3. The molecule has 2 N–H and O–H groups in total. The molecule has 1 fully saturated rings. The Balaban J connectivity index is 1.89. The molecular formula is C19H24BrN5O3. The third kappa shape index (κ3) is 4.96. The van der Waals surface area contributed by atoms with E-state index in [4.69, 9.17) is 4.74 Å². The SMILES string of the molecule is CC1(C)CC(Nc2ncnc(Oc3ccc(Br)cc3)c2[N+](=O)[O-])CC(C)(C)N1. The van der Waals surface area contributed by atoms with E-state index < -0.39 is 4.92 Å².